The molecule has 2 heterocycles. The predicted octanol–water partition coefficient (Wildman–Crippen LogP) is 1.48. The summed E-state index contributed by atoms with van der Waals surface area (Å²) in [6.07, 6.45) is 0.230. The molecule has 0 aliphatic carbocycles. The molecule has 23 heavy (non-hydrogen) atoms. The highest BCUT2D eigenvalue weighted by atomic mass is 32.1. The normalized spacial score (nSPS) is 15.3. The number of hydrogen-bond acceptors (Lipinski definition) is 6. The van der Waals surface area contributed by atoms with E-state index in [1.165, 1.54) is 11.3 Å². The van der Waals surface area contributed by atoms with Crippen molar-refractivity contribution in [3.8, 4) is 0 Å². The van der Waals surface area contributed by atoms with Crippen molar-refractivity contribution in [1.29, 1.82) is 0 Å². The van der Waals surface area contributed by atoms with Crippen LogP contribution in [0.1, 0.15) is 23.0 Å². The van der Waals surface area contributed by atoms with Crippen LogP contribution >= 0.6 is 11.3 Å². The van der Waals surface area contributed by atoms with Crippen molar-refractivity contribution < 1.29 is 19.1 Å². The van der Waals surface area contributed by atoms with E-state index in [0.29, 0.717) is 24.6 Å². The highest BCUT2D eigenvalue weighted by Gasteiger charge is 2.20. The standard InChI is InChI=1S/C16H24N2O4S/c1-2-22-15(19)5-6-18(16(20)14-4-3-13-23-14)8-7-17-9-11-21-12-10-17/h3-4,13H,2,5-12H2,1H3. The van der Waals surface area contributed by atoms with Crippen LogP contribution in [0.4, 0.5) is 0 Å². The Labute approximate surface area is 141 Å². The molecule has 0 aromatic carbocycles. The molecule has 0 unspecified atom stereocenters. The molecule has 1 aliphatic rings. The molecule has 2 rings (SSSR count). The summed E-state index contributed by atoms with van der Waals surface area (Å²) in [5.74, 6) is -0.277. The second-order valence-corrected chi connectivity index (χ2v) is 6.23. The maximum Gasteiger partial charge on any atom is 0.307 e. The Balaban J connectivity index is 1.90. The first-order valence-electron chi connectivity index (χ1n) is 7.99. The third-order valence-electron chi connectivity index (χ3n) is 3.70. The highest BCUT2D eigenvalue weighted by molar-refractivity contribution is 7.12. The van der Waals surface area contributed by atoms with Crippen LogP contribution in [0.2, 0.25) is 0 Å². The minimum absolute atomic E-state index is 0.0162. The fourth-order valence-electron chi connectivity index (χ4n) is 2.42. The van der Waals surface area contributed by atoms with E-state index in [9.17, 15) is 9.59 Å². The van der Waals surface area contributed by atoms with Crippen LogP contribution in [0.5, 0.6) is 0 Å². The van der Waals surface area contributed by atoms with Gasteiger partial charge in [-0.25, -0.2) is 0 Å². The zero-order valence-electron chi connectivity index (χ0n) is 13.5. The highest BCUT2D eigenvalue weighted by Crippen LogP contribution is 2.13. The van der Waals surface area contributed by atoms with Crippen molar-refractivity contribution in [3.05, 3.63) is 22.4 Å². The molecule has 1 fully saturated rings. The Hall–Kier alpha value is -1.44. The fraction of sp³-hybridized carbons (Fsp3) is 0.625. The van der Waals surface area contributed by atoms with Crippen LogP contribution in [-0.4, -0.2) is 74.2 Å². The van der Waals surface area contributed by atoms with Crippen molar-refractivity contribution in [2.45, 2.75) is 13.3 Å². The zero-order valence-corrected chi connectivity index (χ0v) is 14.3. The molecule has 0 radical (unpaired) electrons. The van der Waals surface area contributed by atoms with E-state index < -0.39 is 0 Å². The van der Waals surface area contributed by atoms with Gasteiger partial charge in [-0.2, -0.15) is 0 Å². The third-order valence-corrected chi connectivity index (χ3v) is 4.56. The topological polar surface area (TPSA) is 59.1 Å². The van der Waals surface area contributed by atoms with Gasteiger partial charge in [0.1, 0.15) is 0 Å². The Bertz CT molecular complexity index is 486. The second-order valence-electron chi connectivity index (χ2n) is 5.28. The Morgan fingerprint density at radius 2 is 2.13 bits per heavy atom. The number of hydrogen-bond donors (Lipinski definition) is 0. The maximum absolute atomic E-state index is 12.6. The molecule has 0 saturated carbocycles. The smallest absolute Gasteiger partial charge is 0.307 e. The van der Waals surface area contributed by atoms with Crippen molar-refractivity contribution in [1.82, 2.24) is 9.80 Å². The van der Waals surface area contributed by atoms with Crippen molar-refractivity contribution in [2.75, 3.05) is 52.5 Å². The molecular formula is C16H24N2O4S. The summed E-state index contributed by atoms with van der Waals surface area (Å²) in [4.78, 5) is 28.9. The predicted molar refractivity (Wildman–Crippen MR) is 88.7 cm³/mol. The number of amides is 1. The SMILES string of the molecule is CCOC(=O)CCN(CCN1CCOCC1)C(=O)c1cccs1. The Morgan fingerprint density at radius 3 is 2.78 bits per heavy atom. The molecule has 7 heteroatoms. The molecule has 6 nitrogen and oxygen atoms in total. The van der Waals surface area contributed by atoms with E-state index in [0.717, 1.165) is 32.8 Å². The molecule has 1 aromatic rings. The van der Waals surface area contributed by atoms with Gasteiger partial charge in [-0.3, -0.25) is 14.5 Å². The first kappa shape index (κ1) is 17.9. The molecule has 0 atom stereocenters. The van der Waals surface area contributed by atoms with Crippen LogP contribution in [0.3, 0.4) is 0 Å². The van der Waals surface area contributed by atoms with Gasteiger partial charge in [0.05, 0.1) is 31.1 Å². The van der Waals surface area contributed by atoms with Gasteiger partial charge in [0.25, 0.3) is 5.91 Å². The average molecular weight is 340 g/mol. The first-order chi connectivity index (χ1) is 11.2. The summed E-state index contributed by atoms with van der Waals surface area (Å²) < 4.78 is 10.3. The van der Waals surface area contributed by atoms with Crippen LogP contribution in [0.25, 0.3) is 0 Å². The summed E-state index contributed by atoms with van der Waals surface area (Å²) in [6, 6.07) is 3.68. The molecule has 1 amide bonds. The van der Waals surface area contributed by atoms with Gasteiger partial charge in [0, 0.05) is 32.7 Å². The molecule has 1 aromatic heterocycles. The van der Waals surface area contributed by atoms with Crippen LogP contribution in [-0.2, 0) is 14.3 Å². The zero-order chi connectivity index (χ0) is 16.5. The molecular weight excluding hydrogens is 316 g/mol. The lowest BCUT2D eigenvalue weighted by molar-refractivity contribution is -0.143. The molecule has 0 spiro atoms. The summed E-state index contributed by atoms with van der Waals surface area (Å²) in [6.45, 7) is 7.19. The average Bonchev–Trinajstić information content (AvgIpc) is 3.10. The van der Waals surface area contributed by atoms with Crippen molar-refractivity contribution >= 4 is 23.2 Å². The molecule has 1 saturated heterocycles. The minimum Gasteiger partial charge on any atom is -0.466 e. The Kier molecular flexibility index (Phi) is 7.51. The van der Waals surface area contributed by atoms with Crippen LogP contribution < -0.4 is 0 Å². The molecule has 1 aliphatic heterocycles. The van der Waals surface area contributed by atoms with Gasteiger partial charge < -0.3 is 14.4 Å². The van der Waals surface area contributed by atoms with Gasteiger partial charge >= 0.3 is 5.97 Å². The Morgan fingerprint density at radius 1 is 1.35 bits per heavy atom. The lowest BCUT2D eigenvalue weighted by Gasteiger charge is -2.29. The molecule has 128 valence electrons. The van der Waals surface area contributed by atoms with Gasteiger partial charge in [-0.05, 0) is 18.4 Å². The quantitative estimate of drug-likeness (QED) is 0.671. The van der Waals surface area contributed by atoms with Gasteiger partial charge in [-0.1, -0.05) is 6.07 Å². The second kappa shape index (κ2) is 9.64. The van der Waals surface area contributed by atoms with Crippen LogP contribution in [0.15, 0.2) is 17.5 Å². The van der Waals surface area contributed by atoms with E-state index in [-0.39, 0.29) is 18.3 Å². The summed E-state index contributed by atoms with van der Waals surface area (Å²) >= 11 is 1.42. The number of morpholine rings is 1. The van der Waals surface area contributed by atoms with E-state index in [2.05, 4.69) is 4.90 Å². The van der Waals surface area contributed by atoms with Crippen molar-refractivity contribution in [3.63, 3.8) is 0 Å². The van der Waals surface area contributed by atoms with Gasteiger partial charge in [-0.15, -0.1) is 11.3 Å². The largest absolute Gasteiger partial charge is 0.466 e. The number of thiophene rings is 1. The lowest BCUT2D eigenvalue weighted by Crippen LogP contribution is -2.43. The molecule has 0 N–H and O–H groups in total. The van der Waals surface area contributed by atoms with E-state index in [1.807, 2.05) is 17.5 Å². The number of rotatable bonds is 8. The molecule has 0 bridgehead atoms. The van der Waals surface area contributed by atoms with E-state index in [1.54, 1.807) is 11.8 Å². The number of nitrogens with zero attached hydrogens (tertiary/aromatic N) is 2. The van der Waals surface area contributed by atoms with Crippen molar-refractivity contribution in [2.24, 2.45) is 0 Å². The first-order valence-corrected chi connectivity index (χ1v) is 8.87. The van der Waals surface area contributed by atoms with Gasteiger partial charge in [0.2, 0.25) is 0 Å². The van der Waals surface area contributed by atoms with E-state index in [4.69, 9.17) is 9.47 Å². The monoisotopic (exact) mass is 340 g/mol. The van der Waals surface area contributed by atoms with E-state index >= 15 is 0 Å². The maximum atomic E-state index is 12.6. The fourth-order valence-corrected chi connectivity index (χ4v) is 3.11. The third kappa shape index (κ3) is 5.93. The van der Waals surface area contributed by atoms with Crippen LogP contribution in [0, 0.1) is 0 Å². The number of ether oxygens (including phenoxy) is 2. The lowest BCUT2D eigenvalue weighted by atomic mass is 10.3. The number of esters is 1. The summed E-state index contributed by atoms with van der Waals surface area (Å²) in [5.41, 5.74) is 0. The summed E-state index contributed by atoms with van der Waals surface area (Å²) in [5, 5.41) is 1.89. The minimum atomic E-state index is -0.261. The number of carbonyl (C=O) groups excluding carboxylic acids is 2. The summed E-state index contributed by atoms with van der Waals surface area (Å²) in [7, 11) is 0. The van der Waals surface area contributed by atoms with Gasteiger partial charge in [0.15, 0.2) is 0 Å². The number of carbonyl (C=O) groups is 2.